The van der Waals surface area contributed by atoms with Crippen molar-refractivity contribution in [2.75, 3.05) is 6.54 Å². The van der Waals surface area contributed by atoms with Gasteiger partial charge in [-0.05, 0) is 24.1 Å². The number of ether oxygens (including phenoxy) is 2. The maximum absolute atomic E-state index is 12.0. The fourth-order valence-electron chi connectivity index (χ4n) is 2.14. The SMILES string of the molecule is CC(C)C(=O)OC(OC(=O)NCCC(C(=O)O)c1ccc(Cl)cc1)C(C)C. The lowest BCUT2D eigenvalue weighted by molar-refractivity contribution is -0.178. The van der Waals surface area contributed by atoms with Gasteiger partial charge in [0.2, 0.25) is 0 Å². The third kappa shape index (κ3) is 7.86. The molecule has 150 valence electrons. The number of esters is 1. The number of halogens is 1. The molecule has 2 N–H and O–H groups in total. The van der Waals surface area contributed by atoms with Crippen molar-refractivity contribution in [1.29, 1.82) is 0 Å². The molecule has 0 spiro atoms. The quantitative estimate of drug-likeness (QED) is 0.483. The fraction of sp³-hybridized carbons (Fsp3) is 0.526. The predicted molar refractivity (Wildman–Crippen MR) is 100 cm³/mol. The van der Waals surface area contributed by atoms with E-state index in [1.807, 2.05) is 0 Å². The summed E-state index contributed by atoms with van der Waals surface area (Å²) in [5.74, 6) is -2.82. The molecule has 1 aromatic rings. The van der Waals surface area contributed by atoms with Crippen molar-refractivity contribution in [1.82, 2.24) is 5.32 Å². The van der Waals surface area contributed by atoms with Gasteiger partial charge in [-0.25, -0.2) is 4.79 Å². The van der Waals surface area contributed by atoms with E-state index in [1.165, 1.54) is 0 Å². The topological polar surface area (TPSA) is 102 Å². The predicted octanol–water partition coefficient (Wildman–Crippen LogP) is 3.81. The number of nitrogens with one attached hydrogen (secondary N) is 1. The minimum atomic E-state index is -1.01. The second-order valence-electron chi connectivity index (χ2n) is 6.77. The highest BCUT2D eigenvalue weighted by Crippen LogP contribution is 2.21. The standard InChI is InChI=1S/C19H26ClNO6/c1-11(2)17(24)26-18(12(3)4)27-19(25)21-10-9-15(16(22)23)13-5-7-14(20)8-6-13/h5-8,11-12,15,18H,9-10H2,1-4H3,(H,21,25)(H,22,23). The minimum absolute atomic E-state index is 0.0847. The van der Waals surface area contributed by atoms with Crippen LogP contribution in [0.1, 0.15) is 45.6 Å². The molecule has 0 radical (unpaired) electrons. The highest BCUT2D eigenvalue weighted by molar-refractivity contribution is 6.30. The highest BCUT2D eigenvalue weighted by Gasteiger charge is 2.25. The number of carboxylic acids is 1. The van der Waals surface area contributed by atoms with Crippen LogP contribution < -0.4 is 5.32 Å². The van der Waals surface area contributed by atoms with E-state index in [2.05, 4.69) is 5.32 Å². The van der Waals surface area contributed by atoms with E-state index < -0.39 is 30.2 Å². The number of carbonyl (C=O) groups excluding carboxylic acids is 2. The summed E-state index contributed by atoms with van der Waals surface area (Å²) in [5, 5.41) is 12.4. The molecule has 0 aliphatic rings. The number of hydrogen-bond donors (Lipinski definition) is 2. The summed E-state index contributed by atoms with van der Waals surface area (Å²) in [6.07, 6.45) is -1.61. The van der Waals surface area contributed by atoms with Crippen molar-refractivity contribution < 1.29 is 29.0 Å². The Balaban J connectivity index is 2.57. The van der Waals surface area contributed by atoms with Gasteiger partial charge in [-0.3, -0.25) is 9.59 Å². The molecule has 0 aromatic heterocycles. The Labute approximate surface area is 164 Å². The Hall–Kier alpha value is -2.28. The first-order valence-electron chi connectivity index (χ1n) is 8.75. The largest absolute Gasteiger partial charge is 0.481 e. The van der Waals surface area contributed by atoms with Crippen LogP contribution in [0.4, 0.5) is 4.79 Å². The van der Waals surface area contributed by atoms with Crippen molar-refractivity contribution >= 4 is 29.6 Å². The monoisotopic (exact) mass is 399 g/mol. The van der Waals surface area contributed by atoms with Gasteiger partial charge >= 0.3 is 18.0 Å². The van der Waals surface area contributed by atoms with Gasteiger partial charge in [0, 0.05) is 17.5 Å². The van der Waals surface area contributed by atoms with E-state index in [1.54, 1.807) is 52.0 Å². The summed E-state index contributed by atoms with van der Waals surface area (Å²) >= 11 is 5.81. The summed E-state index contributed by atoms with van der Waals surface area (Å²) in [4.78, 5) is 35.1. The number of amides is 1. The Morgan fingerprint density at radius 3 is 2.15 bits per heavy atom. The first kappa shape index (κ1) is 22.8. The maximum Gasteiger partial charge on any atom is 0.410 e. The molecule has 1 rings (SSSR count). The van der Waals surface area contributed by atoms with Gasteiger partial charge in [-0.1, -0.05) is 51.4 Å². The van der Waals surface area contributed by atoms with Crippen molar-refractivity contribution in [3.63, 3.8) is 0 Å². The number of alkyl carbamates (subject to hydrolysis) is 1. The molecule has 27 heavy (non-hydrogen) atoms. The molecule has 1 amide bonds. The molecule has 0 saturated heterocycles. The normalized spacial score (nSPS) is 13.1. The average molecular weight is 400 g/mol. The van der Waals surface area contributed by atoms with Crippen LogP contribution in [0.25, 0.3) is 0 Å². The zero-order valence-electron chi connectivity index (χ0n) is 15.9. The first-order valence-corrected chi connectivity index (χ1v) is 9.12. The molecule has 0 aliphatic carbocycles. The highest BCUT2D eigenvalue weighted by atomic mass is 35.5. The van der Waals surface area contributed by atoms with Crippen LogP contribution >= 0.6 is 11.6 Å². The van der Waals surface area contributed by atoms with Crippen LogP contribution in [0.2, 0.25) is 5.02 Å². The number of carbonyl (C=O) groups is 3. The van der Waals surface area contributed by atoms with Gasteiger partial charge in [0.1, 0.15) is 0 Å². The number of rotatable bonds is 9. The molecule has 7 nitrogen and oxygen atoms in total. The second kappa shape index (κ2) is 10.8. The lowest BCUT2D eigenvalue weighted by Gasteiger charge is -2.22. The molecule has 0 heterocycles. The Bertz CT molecular complexity index is 644. The van der Waals surface area contributed by atoms with Gasteiger partial charge in [0.25, 0.3) is 6.29 Å². The molecule has 0 saturated carbocycles. The zero-order valence-corrected chi connectivity index (χ0v) is 16.7. The van der Waals surface area contributed by atoms with Gasteiger partial charge in [0.05, 0.1) is 11.8 Å². The molecule has 1 aromatic carbocycles. The lowest BCUT2D eigenvalue weighted by Crippen LogP contribution is -2.36. The number of benzene rings is 1. The van der Waals surface area contributed by atoms with E-state index in [9.17, 15) is 19.5 Å². The summed E-state index contributed by atoms with van der Waals surface area (Å²) < 4.78 is 10.3. The van der Waals surface area contributed by atoms with Gasteiger partial charge in [-0.2, -0.15) is 0 Å². The third-order valence-electron chi connectivity index (χ3n) is 3.74. The van der Waals surface area contributed by atoms with E-state index in [4.69, 9.17) is 21.1 Å². The Morgan fingerprint density at radius 2 is 1.67 bits per heavy atom. The second-order valence-corrected chi connectivity index (χ2v) is 7.20. The summed E-state index contributed by atoms with van der Waals surface area (Å²) in [6, 6.07) is 6.51. The van der Waals surface area contributed by atoms with Crippen LogP contribution in [-0.2, 0) is 19.1 Å². The number of hydrogen-bond acceptors (Lipinski definition) is 5. The molecule has 0 fully saturated rings. The van der Waals surface area contributed by atoms with Gasteiger partial charge < -0.3 is 19.9 Å². The van der Waals surface area contributed by atoms with Gasteiger partial charge in [0.15, 0.2) is 0 Å². The fourth-order valence-corrected chi connectivity index (χ4v) is 2.27. The van der Waals surface area contributed by atoms with E-state index in [-0.39, 0.29) is 24.8 Å². The first-order chi connectivity index (χ1) is 12.6. The molecule has 0 aliphatic heterocycles. The van der Waals surface area contributed by atoms with E-state index >= 15 is 0 Å². The third-order valence-corrected chi connectivity index (χ3v) is 4.00. The zero-order chi connectivity index (χ0) is 20.6. The van der Waals surface area contributed by atoms with Crippen LogP contribution in [-0.4, -0.2) is 36.0 Å². The smallest absolute Gasteiger partial charge is 0.410 e. The lowest BCUT2D eigenvalue weighted by atomic mass is 9.96. The average Bonchev–Trinajstić information content (AvgIpc) is 2.58. The van der Waals surface area contributed by atoms with Crippen molar-refractivity contribution in [3.05, 3.63) is 34.9 Å². The van der Waals surface area contributed by atoms with Crippen LogP contribution in [0.15, 0.2) is 24.3 Å². The van der Waals surface area contributed by atoms with Crippen molar-refractivity contribution in [2.24, 2.45) is 11.8 Å². The maximum atomic E-state index is 12.0. The molecule has 8 heteroatoms. The summed E-state index contributed by atoms with van der Waals surface area (Å²) in [7, 11) is 0. The molecule has 2 atom stereocenters. The molecule has 2 unspecified atom stereocenters. The van der Waals surface area contributed by atoms with Crippen LogP contribution in [0, 0.1) is 11.8 Å². The summed E-state index contributed by atoms with van der Waals surface area (Å²) in [5.41, 5.74) is 0.591. The number of carboxylic acid groups (broad SMARTS) is 1. The molecular formula is C19H26ClNO6. The Kier molecular flexibility index (Phi) is 9.08. The van der Waals surface area contributed by atoms with E-state index in [0.29, 0.717) is 10.6 Å². The van der Waals surface area contributed by atoms with Crippen molar-refractivity contribution in [2.45, 2.75) is 46.3 Å². The van der Waals surface area contributed by atoms with E-state index in [0.717, 1.165) is 0 Å². The summed E-state index contributed by atoms with van der Waals surface area (Å²) in [6.45, 7) is 6.96. The minimum Gasteiger partial charge on any atom is -0.481 e. The molecule has 0 bridgehead atoms. The molecular weight excluding hydrogens is 374 g/mol. The van der Waals surface area contributed by atoms with Crippen LogP contribution in [0.5, 0.6) is 0 Å². The number of aliphatic carboxylic acids is 1. The van der Waals surface area contributed by atoms with Gasteiger partial charge in [-0.15, -0.1) is 0 Å². The Morgan fingerprint density at radius 1 is 1.07 bits per heavy atom. The van der Waals surface area contributed by atoms with Crippen LogP contribution in [0.3, 0.4) is 0 Å². The van der Waals surface area contributed by atoms with Crippen molar-refractivity contribution in [3.8, 4) is 0 Å².